The Bertz CT molecular complexity index is 171. The predicted octanol–water partition coefficient (Wildman–Crippen LogP) is 1.49. The second kappa shape index (κ2) is 4.73. The number of esters is 1. The molecule has 0 amide bonds. The summed E-state index contributed by atoms with van der Waals surface area (Å²) in [6, 6.07) is 1.83. The van der Waals surface area contributed by atoms with E-state index < -0.39 is 6.10 Å². The molecular formula is C8H13NO2. The first-order valence-electron chi connectivity index (χ1n) is 3.71. The van der Waals surface area contributed by atoms with E-state index >= 15 is 0 Å². The van der Waals surface area contributed by atoms with Gasteiger partial charge >= 0.3 is 5.97 Å². The summed E-state index contributed by atoms with van der Waals surface area (Å²) in [6.45, 7) is 5.25. The molecular weight excluding hydrogens is 142 g/mol. The van der Waals surface area contributed by atoms with E-state index in [0.29, 0.717) is 0 Å². The van der Waals surface area contributed by atoms with Crippen molar-refractivity contribution in [2.75, 3.05) is 0 Å². The molecule has 0 aliphatic carbocycles. The van der Waals surface area contributed by atoms with Crippen molar-refractivity contribution >= 4 is 5.97 Å². The number of carbonyl (C=O) groups is 1. The van der Waals surface area contributed by atoms with Crippen LogP contribution in [0.15, 0.2) is 0 Å². The van der Waals surface area contributed by atoms with Crippen LogP contribution in [-0.4, -0.2) is 12.1 Å². The molecule has 2 atom stereocenters. The lowest BCUT2D eigenvalue weighted by Gasteiger charge is -2.09. The highest BCUT2D eigenvalue weighted by Gasteiger charge is 2.14. The fourth-order valence-electron chi connectivity index (χ4n) is 0.483. The monoisotopic (exact) mass is 155 g/mol. The molecule has 62 valence electrons. The Morgan fingerprint density at radius 1 is 1.64 bits per heavy atom. The zero-order valence-corrected chi connectivity index (χ0v) is 7.13. The zero-order chi connectivity index (χ0) is 8.85. The van der Waals surface area contributed by atoms with E-state index in [9.17, 15) is 4.79 Å². The second-order valence-electron chi connectivity index (χ2n) is 2.52. The third-order valence-electron chi connectivity index (χ3n) is 1.49. The molecule has 0 aromatic heterocycles. The number of ether oxygens (including phenoxy) is 1. The van der Waals surface area contributed by atoms with Gasteiger partial charge in [-0.2, -0.15) is 5.26 Å². The van der Waals surface area contributed by atoms with Gasteiger partial charge in [0.2, 0.25) is 0 Å². The normalized spacial score (nSPS) is 14.7. The Morgan fingerprint density at radius 3 is 2.55 bits per heavy atom. The van der Waals surface area contributed by atoms with Gasteiger partial charge in [-0.3, -0.25) is 4.79 Å². The summed E-state index contributed by atoms with van der Waals surface area (Å²) in [5, 5.41) is 8.31. The molecule has 3 heteroatoms. The van der Waals surface area contributed by atoms with Crippen LogP contribution in [0.2, 0.25) is 0 Å². The van der Waals surface area contributed by atoms with Gasteiger partial charge in [0.15, 0.2) is 6.10 Å². The lowest BCUT2D eigenvalue weighted by atomic mass is 10.1. The first-order chi connectivity index (χ1) is 5.11. The van der Waals surface area contributed by atoms with Crippen molar-refractivity contribution in [2.24, 2.45) is 5.92 Å². The van der Waals surface area contributed by atoms with Crippen molar-refractivity contribution in [2.45, 2.75) is 33.3 Å². The van der Waals surface area contributed by atoms with E-state index in [2.05, 4.69) is 0 Å². The van der Waals surface area contributed by atoms with Crippen LogP contribution in [0.3, 0.4) is 0 Å². The highest BCUT2D eigenvalue weighted by Crippen LogP contribution is 2.04. The largest absolute Gasteiger partial charge is 0.447 e. The fourth-order valence-corrected chi connectivity index (χ4v) is 0.483. The van der Waals surface area contributed by atoms with Gasteiger partial charge in [0.25, 0.3) is 0 Å². The highest BCUT2D eigenvalue weighted by molar-refractivity contribution is 5.72. The number of carbonyl (C=O) groups excluding carboxylic acids is 1. The molecule has 0 N–H and O–H groups in total. The molecule has 0 spiro atoms. The molecule has 0 radical (unpaired) electrons. The molecule has 0 aliphatic rings. The summed E-state index contributed by atoms with van der Waals surface area (Å²) < 4.78 is 4.75. The Labute approximate surface area is 67.0 Å². The molecule has 0 saturated carbocycles. The molecule has 0 aromatic rings. The smallest absolute Gasteiger partial charge is 0.309 e. The number of nitrogens with zero attached hydrogens (tertiary/aromatic N) is 1. The maximum atomic E-state index is 11.0. The van der Waals surface area contributed by atoms with E-state index in [4.69, 9.17) is 10.00 Å². The predicted molar refractivity (Wildman–Crippen MR) is 40.6 cm³/mol. The number of hydrogen-bond acceptors (Lipinski definition) is 3. The van der Waals surface area contributed by atoms with Gasteiger partial charge in [-0.15, -0.1) is 0 Å². The summed E-state index contributed by atoms with van der Waals surface area (Å²) in [5.74, 6) is -0.396. The van der Waals surface area contributed by atoms with Crippen molar-refractivity contribution in [1.29, 1.82) is 5.26 Å². The van der Waals surface area contributed by atoms with Gasteiger partial charge < -0.3 is 4.74 Å². The quantitative estimate of drug-likeness (QED) is 0.580. The maximum Gasteiger partial charge on any atom is 0.309 e. The summed E-state index contributed by atoms with van der Waals surface area (Å²) >= 11 is 0. The molecule has 0 fully saturated rings. The van der Waals surface area contributed by atoms with Crippen molar-refractivity contribution in [3.8, 4) is 6.07 Å². The number of nitriles is 1. The van der Waals surface area contributed by atoms with Crippen molar-refractivity contribution < 1.29 is 9.53 Å². The first kappa shape index (κ1) is 9.96. The molecule has 0 saturated heterocycles. The second-order valence-corrected chi connectivity index (χ2v) is 2.52. The number of hydrogen-bond donors (Lipinski definition) is 0. The zero-order valence-electron chi connectivity index (χ0n) is 7.13. The van der Waals surface area contributed by atoms with Crippen LogP contribution in [0.25, 0.3) is 0 Å². The Morgan fingerprint density at radius 2 is 2.18 bits per heavy atom. The standard InChI is InChI=1S/C8H13NO2/c1-4-6(2)8(10)11-7(3)5-9/h6-7H,4H2,1-3H3. The van der Waals surface area contributed by atoms with Crippen LogP contribution in [0, 0.1) is 17.2 Å². The van der Waals surface area contributed by atoms with E-state index in [0.717, 1.165) is 6.42 Å². The summed E-state index contributed by atoms with van der Waals surface area (Å²) in [5.41, 5.74) is 0. The first-order valence-corrected chi connectivity index (χ1v) is 3.71. The summed E-state index contributed by atoms with van der Waals surface area (Å²) in [4.78, 5) is 11.0. The molecule has 3 nitrogen and oxygen atoms in total. The minimum absolute atomic E-state index is 0.106. The Hall–Kier alpha value is -1.04. The highest BCUT2D eigenvalue weighted by atomic mass is 16.5. The van der Waals surface area contributed by atoms with E-state index in [1.807, 2.05) is 13.0 Å². The van der Waals surface area contributed by atoms with Crippen LogP contribution >= 0.6 is 0 Å². The third kappa shape index (κ3) is 3.61. The number of rotatable bonds is 3. The molecule has 2 unspecified atom stereocenters. The lowest BCUT2D eigenvalue weighted by Crippen LogP contribution is -2.19. The van der Waals surface area contributed by atoms with Gasteiger partial charge in [-0.25, -0.2) is 0 Å². The van der Waals surface area contributed by atoms with Gasteiger partial charge in [0, 0.05) is 0 Å². The van der Waals surface area contributed by atoms with Crippen molar-refractivity contribution in [1.82, 2.24) is 0 Å². The van der Waals surface area contributed by atoms with Crippen LogP contribution in [0.4, 0.5) is 0 Å². The van der Waals surface area contributed by atoms with Crippen LogP contribution in [0.1, 0.15) is 27.2 Å². The minimum Gasteiger partial charge on any atom is -0.447 e. The molecule has 0 aromatic carbocycles. The average molecular weight is 155 g/mol. The fraction of sp³-hybridized carbons (Fsp3) is 0.750. The van der Waals surface area contributed by atoms with Gasteiger partial charge in [0.1, 0.15) is 6.07 Å². The van der Waals surface area contributed by atoms with E-state index in [1.165, 1.54) is 0 Å². The molecule has 0 bridgehead atoms. The molecule has 11 heavy (non-hydrogen) atoms. The SMILES string of the molecule is CCC(C)C(=O)OC(C)C#N. The van der Waals surface area contributed by atoms with E-state index in [-0.39, 0.29) is 11.9 Å². The molecule has 0 heterocycles. The van der Waals surface area contributed by atoms with Gasteiger partial charge in [-0.05, 0) is 13.3 Å². The van der Waals surface area contributed by atoms with E-state index in [1.54, 1.807) is 13.8 Å². The summed E-state index contributed by atoms with van der Waals surface area (Å²) in [7, 11) is 0. The average Bonchev–Trinajstić information content (AvgIpc) is 2.02. The van der Waals surface area contributed by atoms with Gasteiger partial charge in [0.05, 0.1) is 5.92 Å². The minimum atomic E-state index is -0.628. The topological polar surface area (TPSA) is 50.1 Å². The van der Waals surface area contributed by atoms with Crippen LogP contribution in [-0.2, 0) is 9.53 Å². The van der Waals surface area contributed by atoms with Gasteiger partial charge in [-0.1, -0.05) is 13.8 Å². The third-order valence-corrected chi connectivity index (χ3v) is 1.49. The lowest BCUT2D eigenvalue weighted by molar-refractivity contribution is -0.150. The Balaban J connectivity index is 3.80. The Kier molecular flexibility index (Phi) is 4.28. The molecule has 0 aliphatic heterocycles. The maximum absolute atomic E-state index is 11.0. The van der Waals surface area contributed by atoms with Crippen molar-refractivity contribution in [3.63, 3.8) is 0 Å². The van der Waals surface area contributed by atoms with Crippen LogP contribution < -0.4 is 0 Å². The summed E-state index contributed by atoms with van der Waals surface area (Å²) in [6.07, 6.45) is 0.119. The molecule has 0 rings (SSSR count). The van der Waals surface area contributed by atoms with Crippen LogP contribution in [0.5, 0.6) is 0 Å². The van der Waals surface area contributed by atoms with Crippen molar-refractivity contribution in [3.05, 3.63) is 0 Å².